The van der Waals surface area contributed by atoms with Crippen molar-refractivity contribution in [1.29, 1.82) is 0 Å². The second-order valence-electron chi connectivity index (χ2n) is 6.41. The van der Waals surface area contributed by atoms with E-state index >= 15 is 0 Å². The van der Waals surface area contributed by atoms with Gasteiger partial charge in [-0.1, -0.05) is 17.7 Å². The van der Waals surface area contributed by atoms with Gasteiger partial charge in [-0.2, -0.15) is 4.31 Å². The lowest BCUT2D eigenvalue weighted by Gasteiger charge is -2.33. The van der Waals surface area contributed by atoms with Crippen molar-refractivity contribution >= 4 is 21.9 Å². The molecule has 7 nitrogen and oxygen atoms in total. The number of esters is 1. The molecular formula is C18H26N2O5S. The number of hydrogen-bond donors (Lipinski definition) is 1. The molecule has 8 heteroatoms. The predicted octanol–water partition coefficient (Wildman–Crippen LogP) is 1.61. The molecule has 144 valence electrons. The van der Waals surface area contributed by atoms with Gasteiger partial charge in [0.15, 0.2) is 6.10 Å². The van der Waals surface area contributed by atoms with E-state index < -0.39 is 34.0 Å². The average Bonchev–Trinajstić information content (AvgIpc) is 2.62. The van der Waals surface area contributed by atoms with Gasteiger partial charge in [0.25, 0.3) is 5.91 Å². The van der Waals surface area contributed by atoms with Crippen molar-refractivity contribution in [3.05, 3.63) is 29.8 Å². The first-order chi connectivity index (χ1) is 12.3. The molecule has 2 atom stereocenters. The Bertz CT molecular complexity index is 745. The van der Waals surface area contributed by atoms with Gasteiger partial charge in [-0.3, -0.25) is 9.59 Å². The summed E-state index contributed by atoms with van der Waals surface area (Å²) in [5, 5.41) is 2.58. The Morgan fingerprint density at radius 1 is 1.27 bits per heavy atom. The summed E-state index contributed by atoms with van der Waals surface area (Å²) in [5.74, 6) is -1.08. The third-order valence-electron chi connectivity index (χ3n) is 4.37. The molecule has 0 spiro atoms. The summed E-state index contributed by atoms with van der Waals surface area (Å²) in [4.78, 5) is 24.5. The quantitative estimate of drug-likeness (QED) is 0.755. The van der Waals surface area contributed by atoms with Crippen molar-refractivity contribution in [3.63, 3.8) is 0 Å². The number of nitrogens with one attached hydrogen (secondary N) is 1. The third kappa shape index (κ3) is 4.62. The largest absolute Gasteiger partial charge is 0.451 e. The first kappa shape index (κ1) is 20.4. The predicted molar refractivity (Wildman–Crippen MR) is 96.9 cm³/mol. The summed E-state index contributed by atoms with van der Waals surface area (Å²) >= 11 is 0. The van der Waals surface area contributed by atoms with E-state index in [-0.39, 0.29) is 11.4 Å². The normalized spacial score (nSPS) is 19.6. The minimum Gasteiger partial charge on any atom is -0.451 e. The van der Waals surface area contributed by atoms with Crippen molar-refractivity contribution in [3.8, 4) is 0 Å². The van der Waals surface area contributed by atoms with E-state index in [9.17, 15) is 18.0 Å². The van der Waals surface area contributed by atoms with Crippen LogP contribution in [0.3, 0.4) is 0 Å². The molecule has 0 unspecified atom stereocenters. The Morgan fingerprint density at radius 2 is 1.92 bits per heavy atom. The number of rotatable bonds is 6. The Labute approximate surface area is 154 Å². The maximum atomic E-state index is 13.0. The van der Waals surface area contributed by atoms with Crippen molar-refractivity contribution in [1.82, 2.24) is 9.62 Å². The standard InChI is InChI=1S/C18H26N2O5S/c1-4-19-17(21)14(3)25-18(22)16-7-5-6-12-20(16)26(23,24)15-10-8-13(2)9-11-15/h8-11,14,16H,4-7,12H2,1-3H3,(H,19,21)/t14-,16+/m1/s1. The van der Waals surface area contributed by atoms with Crippen LogP contribution >= 0.6 is 0 Å². The smallest absolute Gasteiger partial charge is 0.325 e. The highest BCUT2D eigenvalue weighted by molar-refractivity contribution is 7.89. The number of likely N-dealkylation sites (N-methyl/N-ethyl adjacent to an activating group) is 1. The van der Waals surface area contributed by atoms with Crippen LogP contribution in [0.2, 0.25) is 0 Å². The molecule has 0 saturated carbocycles. The van der Waals surface area contributed by atoms with Crippen LogP contribution in [0.15, 0.2) is 29.2 Å². The number of nitrogens with zero attached hydrogens (tertiary/aromatic N) is 1. The van der Waals surface area contributed by atoms with Gasteiger partial charge in [-0.15, -0.1) is 0 Å². The number of piperidine rings is 1. The summed E-state index contributed by atoms with van der Waals surface area (Å²) in [5.41, 5.74) is 0.953. The van der Waals surface area contributed by atoms with Crippen LogP contribution in [-0.4, -0.2) is 49.8 Å². The molecule has 0 radical (unpaired) electrons. The lowest BCUT2D eigenvalue weighted by atomic mass is 10.1. The zero-order valence-corrected chi connectivity index (χ0v) is 16.2. The zero-order valence-electron chi connectivity index (χ0n) is 15.4. The lowest BCUT2D eigenvalue weighted by Crippen LogP contribution is -2.50. The van der Waals surface area contributed by atoms with Gasteiger partial charge in [-0.25, -0.2) is 8.42 Å². The Morgan fingerprint density at radius 3 is 2.54 bits per heavy atom. The van der Waals surface area contributed by atoms with Crippen LogP contribution < -0.4 is 5.32 Å². The minimum absolute atomic E-state index is 0.152. The summed E-state index contributed by atoms with van der Waals surface area (Å²) in [6.45, 7) is 5.80. The molecule has 1 heterocycles. The van der Waals surface area contributed by atoms with Crippen LogP contribution in [0.4, 0.5) is 0 Å². The Hall–Kier alpha value is -1.93. The van der Waals surface area contributed by atoms with E-state index in [1.807, 2.05) is 6.92 Å². The summed E-state index contributed by atoms with van der Waals surface area (Å²) in [6.07, 6.45) is 0.829. The van der Waals surface area contributed by atoms with E-state index in [4.69, 9.17) is 4.74 Å². The highest BCUT2D eigenvalue weighted by atomic mass is 32.2. The molecule has 1 aromatic carbocycles. The number of carbonyl (C=O) groups excluding carboxylic acids is 2. The van der Waals surface area contributed by atoms with Gasteiger partial charge in [0.1, 0.15) is 6.04 Å². The molecule has 1 N–H and O–H groups in total. The van der Waals surface area contributed by atoms with Crippen molar-refractivity contribution in [2.75, 3.05) is 13.1 Å². The van der Waals surface area contributed by atoms with E-state index in [0.29, 0.717) is 19.4 Å². The van der Waals surface area contributed by atoms with Gasteiger partial charge in [0, 0.05) is 13.1 Å². The van der Waals surface area contributed by atoms with Crippen LogP contribution in [0.5, 0.6) is 0 Å². The average molecular weight is 382 g/mol. The van der Waals surface area contributed by atoms with Crippen molar-refractivity contribution in [2.24, 2.45) is 0 Å². The van der Waals surface area contributed by atoms with E-state index in [1.165, 1.54) is 11.2 Å². The molecule has 1 amide bonds. The fourth-order valence-electron chi connectivity index (χ4n) is 2.90. The molecule has 1 aromatic rings. The third-order valence-corrected chi connectivity index (χ3v) is 6.29. The fraction of sp³-hybridized carbons (Fsp3) is 0.556. The molecule has 1 fully saturated rings. The molecule has 0 aromatic heterocycles. The highest BCUT2D eigenvalue weighted by Gasteiger charge is 2.39. The molecule has 2 rings (SSSR count). The van der Waals surface area contributed by atoms with Crippen LogP contribution in [0.1, 0.15) is 38.7 Å². The second-order valence-corrected chi connectivity index (χ2v) is 8.30. The number of carbonyl (C=O) groups is 2. The van der Waals surface area contributed by atoms with Gasteiger partial charge in [0.05, 0.1) is 4.90 Å². The van der Waals surface area contributed by atoms with Gasteiger partial charge in [-0.05, 0) is 52.2 Å². The number of amides is 1. The molecule has 0 aliphatic carbocycles. The van der Waals surface area contributed by atoms with Crippen LogP contribution in [0, 0.1) is 6.92 Å². The molecule has 0 bridgehead atoms. The van der Waals surface area contributed by atoms with Crippen molar-refractivity contribution in [2.45, 2.75) is 57.1 Å². The van der Waals surface area contributed by atoms with Crippen LogP contribution in [-0.2, 0) is 24.3 Å². The van der Waals surface area contributed by atoms with E-state index in [1.54, 1.807) is 31.2 Å². The topological polar surface area (TPSA) is 92.8 Å². The SMILES string of the molecule is CCNC(=O)[C@@H](C)OC(=O)[C@@H]1CCCCN1S(=O)(=O)c1ccc(C)cc1. The zero-order chi connectivity index (χ0) is 19.3. The molecule has 1 saturated heterocycles. The number of ether oxygens (including phenoxy) is 1. The maximum absolute atomic E-state index is 13.0. The lowest BCUT2D eigenvalue weighted by molar-refractivity contribution is -0.159. The fourth-order valence-corrected chi connectivity index (χ4v) is 4.54. The summed E-state index contributed by atoms with van der Waals surface area (Å²) in [6, 6.07) is 5.62. The number of benzene rings is 1. The molecule has 1 aliphatic rings. The number of hydrogen-bond acceptors (Lipinski definition) is 5. The van der Waals surface area contributed by atoms with Gasteiger partial charge in [0.2, 0.25) is 10.0 Å². The molecular weight excluding hydrogens is 356 g/mol. The molecule has 1 aliphatic heterocycles. The van der Waals surface area contributed by atoms with Crippen molar-refractivity contribution < 1.29 is 22.7 Å². The van der Waals surface area contributed by atoms with E-state index in [2.05, 4.69) is 5.32 Å². The monoisotopic (exact) mass is 382 g/mol. The van der Waals surface area contributed by atoms with Gasteiger partial charge >= 0.3 is 5.97 Å². The molecule has 26 heavy (non-hydrogen) atoms. The van der Waals surface area contributed by atoms with E-state index in [0.717, 1.165) is 12.0 Å². The maximum Gasteiger partial charge on any atom is 0.325 e. The number of sulfonamides is 1. The summed E-state index contributed by atoms with van der Waals surface area (Å²) < 4.78 is 32.4. The Balaban J connectivity index is 2.19. The number of aryl methyl sites for hydroxylation is 1. The Kier molecular flexibility index (Phi) is 6.77. The first-order valence-electron chi connectivity index (χ1n) is 8.84. The van der Waals surface area contributed by atoms with Gasteiger partial charge < -0.3 is 10.1 Å². The second kappa shape index (κ2) is 8.64. The van der Waals surface area contributed by atoms with Crippen LogP contribution in [0.25, 0.3) is 0 Å². The first-order valence-corrected chi connectivity index (χ1v) is 10.3. The summed E-state index contributed by atoms with van der Waals surface area (Å²) in [7, 11) is -3.81. The highest BCUT2D eigenvalue weighted by Crippen LogP contribution is 2.26. The minimum atomic E-state index is -3.81.